The molecule has 0 fully saturated rings. The van der Waals surface area contributed by atoms with Crippen LogP contribution in [-0.4, -0.2) is 23.8 Å². The summed E-state index contributed by atoms with van der Waals surface area (Å²) in [6.07, 6.45) is -4.15. The first-order valence-electron chi connectivity index (χ1n) is 6.84. The number of ether oxygens (including phenoxy) is 1. The van der Waals surface area contributed by atoms with Crippen LogP contribution in [0.25, 0.3) is 6.08 Å². The van der Waals surface area contributed by atoms with E-state index in [1.807, 2.05) is 6.92 Å². The van der Waals surface area contributed by atoms with Gasteiger partial charge in [0, 0.05) is 0 Å². The van der Waals surface area contributed by atoms with Crippen LogP contribution in [0.5, 0.6) is 0 Å². The minimum absolute atomic E-state index is 0.494. The van der Waals surface area contributed by atoms with E-state index in [2.05, 4.69) is 0 Å². The standard InChI is InChI=1S/C16H20F3NO2/c1-11(2)22-14(21)10-15(20,16(17,18)19)9-8-13-6-4-12(3)5-7-13/h4-9,11H,10,20H2,1-3H3/b9-8+. The Bertz CT molecular complexity index is 535. The Morgan fingerprint density at radius 2 is 1.82 bits per heavy atom. The highest BCUT2D eigenvalue weighted by molar-refractivity contribution is 5.72. The number of carbonyl (C=O) groups excluding carboxylic acids is 1. The van der Waals surface area contributed by atoms with Gasteiger partial charge in [0.2, 0.25) is 0 Å². The highest BCUT2D eigenvalue weighted by Crippen LogP contribution is 2.33. The van der Waals surface area contributed by atoms with Crippen molar-refractivity contribution in [2.45, 2.75) is 45.0 Å². The quantitative estimate of drug-likeness (QED) is 0.845. The van der Waals surface area contributed by atoms with Crippen molar-refractivity contribution in [1.82, 2.24) is 0 Å². The maximum atomic E-state index is 13.2. The third kappa shape index (κ3) is 5.18. The van der Waals surface area contributed by atoms with Crippen LogP contribution in [-0.2, 0) is 9.53 Å². The van der Waals surface area contributed by atoms with Crippen molar-refractivity contribution in [2.24, 2.45) is 5.73 Å². The van der Waals surface area contributed by atoms with Crippen LogP contribution in [0.1, 0.15) is 31.4 Å². The monoisotopic (exact) mass is 315 g/mol. The van der Waals surface area contributed by atoms with Gasteiger partial charge in [-0.3, -0.25) is 4.79 Å². The zero-order valence-corrected chi connectivity index (χ0v) is 12.8. The Labute approximate surface area is 128 Å². The summed E-state index contributed by atoms with van der Waals surface area (Å²) >= 11 is 0. The van der Waals surface area contributed by atoms with Crippen LogP contribution < -0.4 is 5.73 Å². The molecule has 122 valence electrons. The van der Waals surface area contributed by atoms with Gasteiger partial charge in [0.25, 0.3) is 0 Å². The third-order valence-corrected chi connectivity index (χ3v) is 2.98. The molecule has 0 bridgehead atoms. The topological polar surface area (TPSA) is 52.3 Å². The van der Waals surface area contributed by atoms with E-state index in [-0.39, 0.29) is 0 Å². The molecular formula is C16H20F3NO2. The van der Waals surface area contributed by atoms with E-state index in [9.17, 15) is 18.0 Å². The van der Waals surface area contributed by atoms with Crippen molar-refractivity contribution in [3.05, 3.63) is 41.5 Å². The summed E-state index contributed by atoms with van der Waals surface area (Å²) < 4.78 is 44.3. The van der Waals surface area contributed by atoms with E-state index in [0.717, 1.165) is 11.6 Å². The largest absolute Gasteiger partial charge is 0.463 e. The first-order valence-corrected chi connectivity index (χ1v) is 6.84. The Morgan fingerprint density at radius 1 is 1.27 bits per heavy atom. The first kappa shape index (κ1) is 18.2. The molecule has 6 heteroatoms. The maximum Gasteiger partial charge on any atom is 0.410 e. The fraction of sp³-hybridized carbons (Fsp3) is 0.438. The molecule has 0 aliphatic carbocycles. The highest BCUT2D eigenvalue weighted by atomic mass is 19.4. The van der Waals surface area contributed by atoms with Crippen molar-refractivity contribution >= 4 is 12.0 Å². The number of carbonyl (C=O) groups is 1. The lowest BCUT2D eigenvalue weighted by Crippen LogP contribution is -2.53. The van der Waals surface area contributed by atoms with Gasteiger partial charge in [-0.15, -0.1) is 0 Å². The number of halogens is 3. The fourth-order valence-corrected chi connectivity index (χ4v) is 1.72. The van der Waals surface area contributed by atoms with Gasteiger partial charge in [-0.05, 0) is 26.3 Å². The first-order chi connectivity index (χ1) is 10.0. The second kappa shape index (κ2) is 6.96. The average molecular weight is 315 g/mol. The number of hydrogen-bond donors (Lipinski definition) is 1. The lowest BCUT2D eigenvalue weighted by atomic mass is 9.94. The predicted molar refractivity (Wildman–Crippen MR) is 79.0 cm³/mol. The third-order valence-electron chi connectivity index (χ3n) is 2.98. The lowest BCUT2D eigenvalue weighted by molar-refractivity contribution is -0.183. The SMILES string of the molecule is Cc1ccc(/C=C/C(N)(CC(=O)OC(C)C)C(F)(F)F)cc1. The highest BCUT2D eigenvalue weighted by Gasteiger charge is 2.51. The van der Waals surface area contributed by atoms with E-state index in [1.54, 1.807) is 38.1 Å². The van der Waals surface area contributed by atoms with Crippen molar-refractivity contribution in [2.75, 3.05) is 0 Å². The molecule has 0 amide bonds. The molecule has 0 radical (unpaired) electrons. The summed E-state index contributed by atoms with van der Waals surface area (Å²) in [5, 5.41) is 0. The van der Waals surface area contributed by atoms with Gasteiger partial charge in [0.1, 0.15) is 5.54 Å². The minimum atomic E-state index is -4.76. The molecule has 22 heavy (non-hydrogen) atoms. The molecule has 1 aromatic rings. The van der Waals surface area contributed by atoms with Crippen molar-refractivity contribution < 1.29 is 22.7 Å². The average Bonchev–Trinajstić information content (AvgIpc) is 2.35. The molecule has 1 aromatic carbocycles. The van der Waals surface area contributed by atoms with Gasteiger partial charge in [0.05, 0.1) is 12.5 Å². The predicted octanol–water partition coefficient (Wildman–Crippen LogP) is 3.61. The summed E-state index contributed by atoms with van der Waals surface area (Å²) in [7, 11) is 0. The Morgan fingerprint density at radius 3 is 2.27 bits per heavy atom. The molecule has 1 atom stereocenters. The van der Waals surface area contributed by atoms with E-state index < -0.39 is 30.2 Å². The van der Waals surface area contributed by atoms with Crippen molar-refractivity contribution in [3.63, 3.8) is 0 Å². The van der Waals surface area contributed by atoms with Crippen LogP contribution in [0, 0.1) is 6.92 Å². The molecule has 0 spiro atoms. The van der Waals surface area contributed by atoms with Gasteiger partial charge >= 0.3 is 12.1 Å². The van der Waals surface area contributed by atoms with Gasteiger partial charge < -0.3 is 10.5 Å². The van der Waals surface area contributed by atoms with Crippen LogP contribution in [0.15, 0.2) is 30.3 Å². The summed E-state index contributed by atoms with van der Waals surface area (Å²) in [6.45, 7) is 5.00. The Hall–Kier alpha value is -1.82. The molecule has 0 aliphatic rings. The number of esters is 1. The summed E-state index contributed by atoms with van der Waals surface area (Å²) in [4.78, 5) is 11.5. The van der Waals surface area contributed by atoms with Gasteiger partial charge in [-0.1, -0.05) is 42.0 Å². The van der Waals surface area contributed by atoms with Crippen LogP contribution in [0.3, 0.4) is 0 Å². The molecule has 2 N–H and O–H groups in total. The van der Waals surface area contributed by atoms with Crippen LogP contribution >= 0.6 is 0 Å². The van der Waals surface area contributed by atoms with Crippen LogP contribution in [0.4, 0.5) is 13.2 Å². The minimum Gasteiger partial charge on any atom is -0.463 e. The van der Waals surface area contributed by atoms with E-state index in [1.165, 1.54) is 6.08 Å². The molecule has 3 nitrogen and oxygen atoms in total. The van der Waals surface area contributed by atoms with E-state index in [0.29, 0.717) is 5.56 Å². The molecule has 0 aromatic heterocycles. The van der Waals surface area contributed by atoms with Crippen molar-refractivity contribution in [3.8, 4) is 0 Å². The van der Waals surface area contributed by atoms with Gasteiger partial charge in [0.15, 0.2) is 0 Å². The zero-order valence-electron chi connectivity index (χ0n) is 12.8. The smallest absolute Gasteiger partial charge is 0.410 e. The molecule has 0 aliphatic heterocycles. The lowest BCUT2D eigenvalue weighted by Gasteiger charge is -2.28. The van der Waals surface area contributed by atoms with Gasteiger partial charge in [-0.25, -0.2) is 0 Å². The van der Waals surface area contributed by atoms with E-state index >= 15 is 0 Å². The second-order valence-corrected chi connectivity index (χ2v) is 5.50. The Kier molecular flexibility index (Phi) is 5.77. The molecular weight excluding hydrogens is 295 g/mol. The Balaban J connectivity index is 2.97. The zero-order chi connectivity index (χ0) is 17.0. The second-order valence-electron chi connectivity index (χ2n) is 5.50. The molecule has 1 rings (SSSR count). The summed E-state index contributed by atoms with van der Waals surface area (Å²) in [5.74, 6) is -0.983. The summed E-state index contributed by atoms with van der Waals surface area (Å²) in [5.41, 5.74) is 4.22. The van der Waals surface area contributed by atoms with Gasteiger partial charge in [-0.2, -0.15) is 13.2 Å². The molecule has 0 saturated carbocycles. The number of alkyl halides is 3. The molecule has 1 unspecified atom stereocenters. The number of benzene rings is 1. The van der Waals surface area contributed by atoms with Crippen LogP contribution in [0.2, 0.25) is 0 Å². The maximum absolute atomic E-state index is 13.2. The number of hydrogen-bond acceptors (Lipinski definition) is 3. The van der Waals surface area contributed by atoms with E-state index in [4.69, 9.17) is 10.5 Å². The molecule has 0 heterocycles. The van der Waals surface area contributed by atoms with Crippen molar-refractivity contribution in [1.29, 1.82) is 0 Å². The fourth-order valence-electron chi connectivity index (χ4n) is 1.72. The summed E-state index contributed by atoms with van der Waals surface area (Å²) in [6, 6.07) is 6.90. The number of rotatable bonds is 5. The normalized spacial score (nSPS) is 15.1. The number of nitrogens with two attached hydrogens (primary N) is 1. The molecule has 0 saturated heterocycles. The number of aryl methyl sites for hydroxylation is 1.